The first-order chi connectivity index (χ1) is 11.5. The predicted molar refractivity (Wildman–Crippen MR) is 98.2 cm³/mol. The average Bonchev–Trinajstić information content (AvgIpc) is 3.00. The van der Waals surface area contributed by atoms with Crippen LogP contribution in [0.15, 0.2) is 30.3 Å². The first-order valence-corrected chi connectivity index (χ1v) is 9.03. The van der Waals surface area contributed by atoms with Gasteiger partial charge >= 0.3 is 0 Å². The molecular weight excluding hydrogens is 298 g/mol. The van der Waals surface area contributed by atoms with Gasteiger partial charge in [0.2, 0.25) is 0 Å². The summed E-state index contributed by atoms with van der Waals surface area (Å²) in [6, 6.07) is 11.5. The van der Waals surface area contributed by atoms with Crippen molar-refractivity contribution < 1.29 is 4.74 Å². The van der Waals surface area contributed by atoms with Gasteiger partial charge in [-0.25, -0.2) is 0 Å². The molecule has 1 saturated heterocycles. The fourth-order valence-corrected chi connectivity index (χ4v) is 3.16. The van der Waals surface area contributed by atoms with Crippen molar-refractivity contribution in [2.24, 2.45) is 0 Å². The van der Waals surface area contributed by atoms with Crippen LogP contribution in [0.1, 0.15) is 50.9 Å². The third kappa shape index (κ3) is 3.87. The molecule has 1 aliphatic heterocycles. The van der Waals surface area contributed by atoms with Gasteiger partial charge in [0.15, 0.2) is 0 Å². The first-order valence-electron chi connectivity index (χ1n) is 9.03. The summed E-state index contributed by atoms with van der Waals surface area (Å²) in [5.74, 6) is 0.561. The maximum atomic E-state index is 5.44. The predicted octanol–water partition coefficient (Wildman–Crippen LogP) is 4.09. The maximum absolute atomic E-state index is 5.44. The smallest absolute Gasteiger partial charge is 0.0771 e. The molecule has 24 heavy (non-hydrogen) atoms. The minimum Gasteiger partial charge on any atom is -0.379 e. The van der Waals surface area contributed by atoms with Crippen molar-refractivity contribution in [3.63, 3.8) is 0 Å². The Bertz CT molecular complexity index is 652. The molecule has 4 nitrogen and oxygen atoms in total. The second-order valence-corrected chi connectivity index (χ2v) is 7.22. The van der Waals surface area contributed by atoms with Gasteiger partial charge in [-0.05, 0) is 37.0 Å². The molecule has 0 atom stereocenters. The molecule has 4 heteroatoms. The Morgan fingerprint density at radius 1 is 1.04 bits per heavy atom. The summed E-state index contributed by atoms with van der Waals surface area (Å²) in [6.07, 6.45) is 0. The Balaban J connectivity index is 1.85. The molecule has 0 amide bonds. The van der Waals surface area contributed by atoms with Crippen LogP contribution in [0, 0.1) is 0 Å². The monoisotopic (exact) mass is 327 g/mol. The van der Waals surface area contributed by atoms with E-state index in [4.69, 9.17) is 9.84 Å². The van der Waals surface area contributed by atoms with Crippen LogP contribution in [-0.4, -0.2) is 41.0 Å². The fraction of sp³-hybridized carbons (Fsp3) is 0.550. The van der Waals surface area contributed by atoms with Crippen LogP contribution >= 0.6 is 0 Å². The molecule has 0 spiro atoms. The standard InChI is InChI=1S/C20H29N3O/c1-15(2)17-5-7-18(8-6-17)20-13-19(21-23(20)16(3)4)14-22-9-11-24-12-10-22/h5-8,13,15-16H,9-12,14H2,1-4H3. The summed E-state index contributed by atoms with van der Waals surface area (Å²) >= 11 is 0. The Kier molecular flexibility index (Phi) is 5.36. The van der Waals surface area contributed by atoms with E-state index in [-0.39, 0.29) is 0 Å². The molecule has 0 aliphatic carbocycles. The Morgan fingerprint density at radius 3 is 2.29 bits per heavy atom. The van der Waals surface area contributed by atoms with E-state index in [9.17, 15) is 0 Å². The minimum absolute atomic E-state index is 0.350. The fourth-order valence-electron chi connectivity index (χ4n) is 3.16. The van der Waals surface area contributed by atoms with E-state index in [1.165, 1.54) is 16.8 Å². The van der Waals surface area contributed by atoms with Crippen molar-refractivity contribution in [1.29, 1.82) is 0 Å². The van der Waals surface area contributed by atoms with Crippen LogP contribution in [0.5, 0.6) is 0 Å². The van der Waals surface area contributed by atoms with Crippen molar-refractivity contribution in [2.75, 3.05) is 26.3 Å². The summed E-state index contributed by atoms with van der Waals surface area (Å²) in [4.78, 5) is 2.42. The number of hydrogen-bond donors (Lipinski definition) is 0. The number of ether oxygens (including phenoxy) is 1. The number of rotatable bonds is 5. The van der Waals surface area contributed by atoms with Crippen molar-refractivity contribution in [3.05, 3.63) is 41.6 Å². The highest BCUT2D eigenvalue weighted by atomic mass is 16.5. The quantitative estimate of drug-likeness (QED) is 0.829. The van der Waals surface area contributed by atoms with Gasteiger partial charge in [0.05, 0.1) is 24.6 Å². The second-order valence-electron chi connectivity index (χ2n) is 7.22. The van der Waals surface area contributed by atoms with Gasteiger partial charge in [-0.3, -0.25) is 9.58 Å². The van der Waals surface area contributed by atoms with Crippen LogP contribution in [-0.2, 0) is 11.3 Å². The van der Waals surface area contributed by atoms with E-state index in [2.05, 4.69) is 67.6 Å². The average molecular weight is 327 g/mol. The van der Waals surface area contributed by atoms with Gasteiger partial charge in [0, 0.05) is 25.7 Å². The zero-order valence-corrected chi connectivity index (χ0v) is 15.3. The highest BCUT2D eigenvalue weighted by Gasteiger charge is 2.16. The number of aromatic nitrogens is 2. The molecule has 2 heterocycles. The molecule has 1 fully saturated rings. The lowest BCUT2D eigenvalue weighted by atomic mass is 10.0. The van der Waals surface area contributed by atoms with Gasteiger partial charge in [-0.15, -0.1) is 0 Å². The van der Waals surface area contributed by atoms with E-state index >= 15 is 0 Å². The SMILES string of the molecule is CC(C)c1ccc(-c2cc(CN3CCOCC3)nn2C(C)C)cc1. The first kappa shape index (κ1) is 17.2. The van der Waals surface area contributed by atoms with E-state index in [1.807, 2.05) is 0 Å². The molecule has 1 aromatic carbocycles. The third-order valence-corrected chi connectivity index (χ3v) is 4.64. The normalized spacial score (nSPS) is 16.2. The lowest BCUT2D eigenvalue weighted by molar-refractivity contribution is 0.0335. The van der Waals surface area contributed by atoms with Crippen LogP contribution in [0.3, 0.4) is 0 Å². The van der Waals surface area contributed by atoms with Crippen LogP contribution in [0.4, 0.5) is 0 Å². The second kappa shape index (κ2) is 7.49. The molecule has 0 bridgehead atoms. The minimum atomic E-state index is 0.350. The lowest BCUT2D eigenvalue weighted by Gasteiger charge is -2.25. The number of nitrogens with zero attached hydrogens (tertiary/aromatic N) is 3. The third-order valence-electron chi connectivity index (χ3n) is 4.64. The molecule has 2 aromatic rings. The molecular formula is C20H29N3O. The maximum Gasteiger partial charge on any atom is 0.0771 e. The van der Waals surface area contributed by atoms with Crippen LogP contribution < -0.4 is 0 Å². The summed E-state index contributed by atoms with van der Waals surface area (Å²) in [5, 5.41) is 4.87. The van der Waals surface area contributed by atoms with E-state index in [1.54, 1.807) is 0 Å². The van der Waals surface area contributed by atoms with Gasteiger partial charge in [0.1, 0.15) is 0 Å². The Labute approximate surface area is 145 Å². The van der Waals surface area contributed by atoms with Crippen molar-refractivity contribution in [3.8, 4) is 11.3 Å². The van der Waals surface area contributed by atoms with Gasteiger partial charge < -0.3 is 4.74 Å². The summed E-state index contributed by atoms with van der Waals surface area (Å²) < 4.78 is 7.59. The topological polar surface area (TPSA) is 30.3 Å². The molecule has 130 valence electrons. The lowest BCUT2D eigenvalue weighted by Crippen LogP contribution is -2.35. The molecule has 0 N–H and O–H groups in total. The van der Waals surface area contributed by atoms with Gasteiger partial charge in [0.25, 0.3) is 0 Å². The van der Waals surface area contributed by atoms with E-state index in [0.29, 0.717) is 12.0 Å². The number of benzene rings is 1. The number of hydrogen-bond acceptors (Lipinski definition) is 3. The van der Waals surface area contributed by atoms with Crippen LogP contribution in [0.25, 0.3) is 11.3 Å². The summed E-state index contributed by atoms with van der Waals surface area (Å²) in [6.45, 7) is 13.4. The zero-order chi connectivity index (χ0) is 17.1. The molecule has 3 rings (SSSR count). The summed E-state index contributed by atoms with van der Waals surface area (Å²) in [5.41, 5.74) is 4.98. The van der Waals surface area contributed by atoms with Gasteiger partial charge in [-0.1, -0.05) is 38.1 Å². The van der Waals surface area contributed by atoms with Crippen molar-refractivity contribution >= 4 is 0 Å². The number of morpholine rings is 1. The largest absolute Gasteiger partial charge is 0.379 e. The van der Waals surface area contributed by atoms with Crippen molar-refractivity contribution in [1.82, 2.24) is 14.7 Å². The molecule has 0 unspecified atom stereocenters. The zero-order valence-electron chi connectivity index (χ0n) is 15.3. The molecule has 0 saturated carbocycles. The highest BCUT2D eigenvalue weighted by Crippen LogP contribution is 2.26. The molecule has 1 aliphatic rings. The van der Waals surface area contributed by atoms with E-state index in [0.717, 1.165) is 38.5 Å². The Morgan fingerprint density at radius 2 is 1.71 bits per heavy atom. The Hall–Kier alpha value is -1.65. The van der Waals surface area contributed by atoms with Crippen LogP contribution in [0.2, 0.25) is 0 Å². The van der Waals surface area contributed by atoms with Crippen molar-refractivity contribution in [2.45, 2.75) is 46.2 Å². The summed E-state index contributed by atoms with van der Waals surface area (Å²) in [7, 11) is 0. The molecule has 0 radical (unpaired) electrons. The van der Waals surface area contributed by atoms with Gasteiger partial charge in [-0.2, -0.15) is 5.10 Å². The molecule has 1 aromatic heterocycles. The van der Waals surface area contributed by atoms with E-state index < -0.39 is 0 Å². The highest BCUT2D eigenvalue weighted by molar-refractivity contribution is 5.60.